The summed E-state index contributed by atoms with van der Waals surface area (Å²) in [5, 5.41) is 0. The molecule has 32 heavy (non-hydrogen) atoms. The second kappa shape index (κ2) is 8.96. The van der Waals surface area contributed by atoms with Crippen LogP contribution in [0.1, 0.15) is 28.3 Å². The predicted molar refractivity (Wildman–Crippen MR) is 126 cm³/mol. The maximum Gasteiger partial charge on any atom is 0.183 e. The average molecular weight is 450 g/mol. The summed E-state index contributed by atoms with van der Waals surface area (Å²) < 4.78 is 23.0. The van der Waals surface area contributed by atoms with Crippen molar-refractivity contribution in [3.05, 3.63) is 76.9 Å². The first-order chi connectivity index (χ1) is 15.7. The fraction of sp³-hybridized carbons (Fsp3) is 0.308. The van der Waals surface area contributed by atoms with Gasteiger partial charge in [-0.3, -0.25) is 4.90 Å². The Balaban J connectivity index is 1.48. The molecule has 3 aromatic carbocycles. The Bertz CT molecular complexity index is 1120. The zero-order valence-corrected chi connectivity index (χ0v) is 19.4. The summed E-state index contributed by atoms with van der Waals surface area (Å²) in [4.78, 5) is 3.62. The van der Waals surface area contributed by atoms with Crippen LogP contribution in [0.5, 0.6) is 23.0 Å². The molecule has 0 radical (unpaired) electrons. The molecule has 0 N–H and O–H groups in total. The smallest absolute Gasteiger partial charge is 0.183 e. The van der Waals surface area contributed by atoms with Gasteiger partial charge in [0.15, 0.2) is 23.0 Å². The second-order valence-corrected chi connectivity index (χ2v) is 8.87. The standard InChI is InChI=1S/C26H27NO4S/c1-28-23-10-9-20-21(26(23)31-32-19-7-5-4-6-8-19)11-12-27-16-18-15-25(30-3)24(29-2)14-17(18)13-22(20)27/h4-10,14-15,22H,11-13,16H2,1-3H3. The first-order valence-corrected chi connectivity index (χ1v) is 11.5. The molecule has 0 spiro atoms. The monoisotopic (exact) mass is 449 g/mol. The molecule has 2 heterocycles. The molecule has 0 saturated heterocycles. The van der Waals surface area contributed by atoms with Crippen LogP contribution in [-0.4, -0.2) is 32.8 Å². The van der Waals surface area contributed by atoms with Crippen molar-refractivity contribution in [2.75, 3.05) is 27.9 Å². The van der Waals surface area contributed by atoms with Crippen molar-refractivity contribution in [3.8, 4) is 23.0 Å². The molecule has 1 atom stereocenters. The van der Waals surface area contributed by atoms with Crippen molar-refractivity contribution in [1.82, 2.24) is 4.90 Å². The van der Waals surface area contributed by atoms with Gasteiger partial charge in [-0.2, -0.15) is 0 Å². The van der Waals surface area contributed by atoms with Crippen LogP contribution < -0.4 is 18.4 Å². The third kappa shape index (κ3) is 3.78. The number of methoxy groups -OCH3 is 3. The van der Waals surface area contributed by atoms with Gasteiger partial charge in [0, 0.05) is 29.6 Å². The number of ether oxygens (including phenoxy) is 3. The normalized spacial score (nSPS) is 17.0. The van der Waals surface area contributed by atoms with E-state index in [0.717, 1.165) is 53.8 Å². The molecule has 0 saturated carbocycles. The minimum absolute atomic E-state index is 0.305. The molecular weight excluding hydrogens is 422 g/mol. The molecule has 0 amide bonds. The Kier molecular flexibility index (Phi) is 5.89. The van der Waals surface area contributed by atoms with Crippen molar-refractivity contribution < 1.29 is 18.4 Å². The van der Waals surface area contributed by atoms with Crippen molar-refractivity contribution in [1.29, 1.82) is 0 Å². The Morgan fingerprint density at radius 3 is 2.28 bits per heavy atom. The molecule has 5 rings (SSSR count). The lowest BCUT2D eigenvalue weighted by molar-refractivity contribution is 0.159. The maximum atomic E-state index is 6.27. The molecule has 1 unspecified atom stereocenters. The largest absolute Gasteiger partial charge is 0.493 e. The highest BCUT2D eigenvalue weighted by Gasteiger charge is 2.35. The van der Waals surface area contributed by atoms with Gasteiger partial charge in [0.25, 0.3) is 0 Å². The summed E-state index contributed by atoms with van der Waals surface area (Å²) in [6.07, 6.45) is 1.86. The number of benzene rings is 3. The fourth-order valence-corrected chi connectivity index (χ4v) is 5.40. The van der Waals surface area contributed by atoms with Crippen LogP contribution in [-0.2, 0) is 19.4 Å². The van der Waals surface area contributed by atoms with E-state index in [4.69, 9.17) is 18.4 Å². The zero-order chi connectivity index (χ0) is 22.1. The van der Waals surface area contributed by atoms with Crippen LogP contribution in [0.25, 0.3) is 0 Å². The van der Waals surface area contributed by atoms with E-state index >= 15 is 0 Å². The molecule has 6 heteroatoms. The van der Waals surface area contributed by atoms with E-state index in [2.05, 4.69) is 23.1 Å². The first-order valence-electron chi connectivity index (χ1n) is 10.8. The van der Waals surface area contributed by atoms with Gasteiger partial charge in [-0.25, -0.2) is 0 Å². The lowest BCUT2D eigenvalue weighted by Crippen LogP contribution is -2.39. The van der Waals surface area contributed by atoms with Crippen LogP contribution >= 0.6 is 12.0 Å². The van der Waals surface area contributed by atoms with E-state index in [1.165, 1.54) is 34.3 Å². The topological polar surface area (TPSA) is 40.2 Å². The molecule has 0 aliphatic carbocycles. The molecule has 2 aliphatic heterocycles. The van der Waals surface area contributed by atoms with E-state index in [-0.39, 0.29) is 0 Å². The van der Waals surface area contributed by atoms with Gasteiger partial charge in [0.2, 0.25) is 0 Å². The maximum absolute atomic E-state index is 6.27. The number of nitrogens with zero attached hydrogens (tertiary/aromatic N) is 1. The molecule has 5 nitrogen and oxygen atoms in total. The third-order valence-electron chi connectivity index (χ3n) is 6.39. The zero-order valence-electron chi connectivity index (χ0n) is 18.6. The minimum atomic E-state index is 0.305. The highest BCUT2D eigenvalue weighted by Crippen LogP contribution is 2.46. The van der Waals surface area contributed by atoms with E-state index in [9.17, 15) is 0 Å². The van der Waals surface area contributed by atoms with Crippen LogP contribution in [0.15, 0.2) is 59.5 Å². The van der Waals surface area contributed by atoms with Gasteiger partial charge in [-0.1, -0.05) is 24.3 Å². The molecule has 2 aliphatic rings. The summed E-state index contributed by atoms with van der Waals surface area (Å²) in [6.45, 7) is 1.88. The number of hydrogen-bond donors (Lipinski definition) is 0. The molecule has 0 fully saturated rings. The predicted octanol–water partition coefficient (Wildman–Crippen LogP) is 5.45. The molecule has 0 bridgehead atoms. The van der Waals surface area contributed by atoms with Gasteiger partial charge in [-0.15, -0.1) is 0 Å². The molecule has 0 aromatic heterocycles. The Hall–Kier alpha value is -2.83. The summed E-state index contributed by atoms with van der Waals surface area (Å²) in [5.74, 6) is 3.20. The van der Waals surface area contributed by atoms with E-state index in [1.807, 2.05) is 36.4 Å². The highest BCUT2D eigenvalue weighted by molar-refractivity contribution is 7.95. The van der Waals surface area contributed by atoms with Gasteiger partial charge in [-0.05, 0) is 59.9 Å². The Labute approximate surface area is 193 Å². The second-order valence-electron chi connectivity index (χ2n) is 8.06. The summed E-state index contributed by atoms with van der Waals surface area (Å²) in [6, 6.07) is 18.9. The number of rotatable bonds is 6. The van der Waals surface area contributed by atoms with Crippen LogP contribution in [0, 0.1) is 0 Å². The minimum Gasteiger partial charge on any atom is -0.493 e. The van der Waals surface area contributed by atoms with Crippen LogP contribution in [0.4, 0.5) is 0 Å². The van der Waals surface area contributed by atoms with E-state index < -0.39 is 0 Å². The highest BCUT2D eigenvalue weighted by atomic mass is 32.2. The van der Waals surface area contributed by atoms with Gasteiger partial charge in [0.1, 0.15) is 0 Å². The van der Waals surface area contributed by atoms with Crippen molar-refractivity contribution in [2.24, 2.45) is 0 Å². The van der Waals surface area contributed by atoms with Gasteiger partial charge in [0.05, 0.1) is 33.4 Å². The Morgan fingerprint density at radius 1 is 0.844 bits per heavy atom. The van der Waals surface area contributed by atoms with Crippen molar-refractivity contribution in [3.63, 3.8) is 0 Å². The number of hydrogen-bond acceptors (Lipinski definition) is 6. The van der Waals surface area contributed by atoms with Crippen LogP contribution in [0.3, 0.4) is 0 Å². The molecule has 3 aromatic rings. The fourth-order valence-electron chi connectivity index (χ4n) is 4.77. The first kappa shape index (κ1) is 21.0. The third-order valence-corrected chi connectivity index (χ3v) is 7.10. The number of fused-ring (bicyclic) bond motifs is 4. The van der Waals surface area contributed by atoms with E-state index in [0.29, 0.717) is 6.04 Å². The SMILES string of the molecule is COc1cc2c(cc1OC)CN1CCc3c(ccc(OC)c3OSc3ccccc3)C1C2. The molecular formula is C26H27NO4S. The van der Waals surface area contributed by atoms with Gasteiger partial charge >= 0.3 is 0 Å². The van der Waals surface area contributed by atoms with E-state index in [1.54, 1.807) is 21.3 Å². The quantitative estimate of drug-likeness (QED) is 0.466. The summed E-state index contributed by atoms with van der Waals surface area (Å²) in [7, 11) is 5.08. The lowest BCUT2D eigenvalue weighted by Gasteiger charge is -2.42. The Morgan fingerprint density at radius 2 is 1.56 bits per heavy atom. The lowest BCUT2D eigenvalue weighted by atomic mass is 9.83. The van der Waals surface area contributed by atoms with Crippen LogP contribution in [0.2, 0.25) is 0 Å². The average Bonchev–Trinajstić information content (AvgIpc) is 2.85. The van der Waals surface area contributed by atoms with Crippen molar-refractivity contribution >= 4 is 12.0 Å². The van der Waals surface area contributed by atoms with Gasteiger partial charge < -0.3 is 18.4 Å². The summed E-state index contributed by atoms with van der Waals surface area (Å²) >= 11 is 1.38. The molecule has 166 valence electrons. The summed E-state index contributed by atoms with van der Waals surface area (Å²) in [5.41, 5.74) is 5.19. The van der Waals surface area contributed by atoms with Crippen molar-refractivity contribution in [2.45, 2.75) is 30.3 Å².